The Labute approximate surface area is 141 Å². The largest absolute Gasteiger partial charge is 0.357 e. The predicted octanol–water partition coefficient (Wildman–Crippen LogP) is 1.40. The van der Waals surface area contributed by atoms with E-state index in [4.69, 9.17) is 0 Å². The van der Waals surface area contributed by atoms with Crippen LogP contribution in [0.15, 0.2) is 24.5 Å². The SMILES string of the molecule is CC(=O)N1CCC(CNC(=O)c2cc(-c3ccn(C)c3)n[nH]2)CC1. The number of aromatic nitrogens is 3. The molecule has 2 aromatic rings. The Bertz CT molecular complexity index is 725. The molecule has 1 aliphatic rings. The summed E-state index contributed by atoms with van der Waals surface area (Å²) in [7, 11) is 1.95. The van der Waals surface area contributed by atoms with Gasteiger partial charge in [-0.15, -0.1) is 0 Å². The minimum absolute atomic E-state index is 0.128. The van der Waals surface area contributed by atoms with E-state index in [1.165, 1.54) is 0 Å². The van der Waals surface area contributed by atoms with Gasteiger partial charge in [-0.3, -0.25) is 14.7 Å². The lowest BCUT2D eigenvalue weighted by atomic mass is 9.97. The fraction of sp³-hybridized carbons (Fsp3) is 0.471. The van der Waals surface area contributed by atoms with Gasteiger partial charge in [0.15, 0.2) is 0 Å². The molecular weight excluding hydrogens is 306 g/mol. The zero-order valence-electron chi connectivity index (χ0n) is 14.1. The maximum absolute atomic E-state index is 12.3. The molecule has 2 amide bonds. The van der Waals surface area contributed by atoms with E-state index in [1.54, 1.807) is 13.0 Å². The third-order valence-electron chi connectivity index (χ3n) is 4.56. The summed E-state index contributed by atoms with van der Waals surface area (Å²) in [4.78, 5) is 25.4. The van der Waals surface area contributed by atoms with E-state index in [-0.39, 0.29) is 11.8 Å². The molecule has 0 aliphatic carbocycles. The molecule has 1 fully saturated rings. The molecule has 0 bridgehead atoms. The Kier molecular flexibility index (Phi) is 4.69. The number of rotatable bonds is 4. The van der Waals surface area contributed by atoms with Gasteiger partial charge in [0.05, 0.1) is 5.69 Å². The summed E-state index contributed by atoms with van der Waals surface area (Å²) in [5.41, 5.74) is 2.20. The van der Waals surface area contributed by atoms with Crippen molar-refractivity contribution in [1.82, 2.24) is 25.0 Å². The molecule has 2 aromatic heterocycles. The summed E-state index contributed by atoms with van der Waals surface area (Å²) in [5, 5.41) is 9.96. The summed E-state index contributed by atoms with van der Waals surface area (Å²) in [6.45, 7) is 3.78. The van der Waals surface area contributed by atoms with E-state index in [0.717, 1.165) is 37.2 Å². The number of carbonyl (C=O) groups excluding carboxylic acids is 2. The lowest BCUT2D eigenvalue weighted by molar-refractivity contribution is -0.130. The molecule has 0 radical (unpaired) electrons. The Morgan fingerprint density at radius 2 is 2.12 bits per heavy atom. The maximum atomic E-state index is 12.3. The summed E-state index contributed by atoms with van der Waals surface area (Å²) in [6, 6.07) is 3.73. The average molecular weight is 329 g/mol. The second-order valence-electron chi connectivity index (χ2n) is 6.39. The molecular formula is C17H23N5O2. The van der Waals surface area contributed by atoms with E-state index >= 15 is 0 Å². The van der Waals surface area contributed by atoms with Gasteiger partial charge in [0, 0.05) is 51.6 Å². The Hall–Kier alpha value is -2.57. The van der Waals surface area contributed by atoms with E-state index in [1.807, 2.05) is 35.0 Å². The minimum atomic E-state index is -0.140. The number of hydrogen-bond acceptors (Lipinski definition) is 3. The van der Waals surface area contributed by atoms with Crippen LogP contribution in [0.2, 0.25) is 0 Å². The fourth-order valence-electron chi connectivity index (χ4n) is 3.03. The highest BCUT2D eigenvalue weighted by Gasteiger charge is 2.21. The van der Waals surface area contributed by atoms with Crippen LogP contribution < -0.4 is 5.32 Å². The molecule has 3 heterocycles. The molecule has 7 heteroatoms. The molecule has 0 aromatic carbocycles. The first-order valence-electron chi connectivity index (χ1n) is 8.24. The number of amides is 2. The van der Waals surface area contributed by atoms with Crippen molar-refractivity contribution in [2.45, 2.75) is 19.8 Å². The van der Waals surface area contributed by atoms with Crippen molar-refractivity contribution in [3.8, 4) is 11.3 Å². The number of hydrogen-bond donors (Lipinski definition) is 2. The molecule has 7 nitrogen and oxygen atoms in total. The summed E-state index contributed by atoms with van der Waals surface area (Å²) in [5.74, 6) is 0.406. The highest BCUT2D eigenvalue weighted by molar-refractivity contribution is 5.93. The highest BCUT2D eigenvalue weighted by atomic mass is 16.2. The zero-order chi connectivity index (χ0) is 17.1. The number of nitrogens with one attached hydrogen (secondary N) is 2. The van der Waals surface area contributed by atoms with Crippen LogP contribution in [0.4, 0.5) is 0 Å². The highest BCUT2D eigenvalue weighted by Crippen LogP contribution is 2.18. The first kappa shape index (κ1) is 16.3. The number of carbonyl (C=O) groups is 2. The van der Waals surface area contributed by atoms with Crippen molar-refractivity contribution in [3.05, 3.63) is 30.2 Å². The van der Waals surface area contributed by atoms with Gasteiger partial charge in [-0.1, -0.05) is 0 Å². The van der Waals surface area contributed by atoms with Crippen molar-refractivity contribution < 1.29 is 9.59 Å². The van der Waals surface area contributed by atoms with Crippen LogP contribution in [0.5, 0.6) is 0 Å². The van der Waals surface area contributed by atoms with Crippen LogP contribution in [0.3, 0.4) is 0 Å². The topological polar surface area (TPSA) is 83.0 Å². The van der Waals surface area contributed by atoms with Crippen LogP contribution in [-0.2, 0) is 11.8 Å². The van der Waals surface area contributed by atoms with Gasteiger partial charge >= 0.3 is 0 Å². The second-order valence-corrected chi connectivity index (χ2v) is 6.39. The molecule has 0 unspecified atom stereocenters. The number of piperidine rings is 1. The van der Waals surface area contributed by atoms with E-state index < -0.39 is 0 Å². The molecule has 0 atom stereocenters. The fourth-order valence-corrected chi connectivity index (χ4v) is 3.03. The van der Waals surface area contributed by atoms with Gasteiger partial charge in [0.1, 0.15) is 5.69 Å². The summed E-state index contributed by atoms with van der Waals surface area (Å²) >= 11 is 0. The summed E-state index contributed by atoms with van der Waals surface area (Å²) in [6.07, 6.45) is 5.76. The van der Waals surface area contributed by atoms with E-state index in [2.05, 4.69) is 15.5 Å². The first-order valence-corrected chi connectivity index (χ1v) is 8.24. The van der Waals surface area contributed by atoms with E-state index in [9.17, 15) is 9.59 Å². The normalized spacial score (nSPS) is 15.5. The van der Waals surface area contributed by atoms with Gasteiger partial charge in [-0.25, -0.2) is 0 Å². The van der Waals surface area contributed by atoms with Gasteiger partial charge in [0.2, 0.25) is 5.91 Å². The van der Waals surface area contributed by atoms with Crippen molar-refractivity contribution >= 4 is 11.8 Å². The molecule has 3 rings (SSSR count). The third kappa shape index (κ3) is 3.67. The number of nitrogens with zero attached hydrogens (tertiary/aromatic N) is 3. The van der Waals surface area contributed by atoms with Crippen molar-refractivity contribution in [2.75, 3.05) is 19.6 Å². The maximum Gasteiger partial charge on any atom is 0.269 e. The van der Waals surface area contributed by atoms with Crippen LogP contribution in [0.1, 0.15) is 30.3 Å². The van der Waals surface area contributed by atoms with Gasteiger partial charge in [-0.2, -0.15) is 5.10 Å². The minimum Gasteiger partial charge on any atom is -0.357 e. The third-order valence-corrected chi connectivity index (χ3v) is 4.56. The first-order chi connectivity index (χ1) is 11.5. The Morgan fingerprint density at radius 1 is 1.38 bits per heavy atom. The molecule has 24 heavy (non-hydrogen) atoms. The van der Waals surface area contributed by atoms with Gasteiger partial charge in [0.25, 0.3) is 5.91 Å². The predicted molar refractivity (Wildman–Crippen MR) is 90.3 cm³/mol. The van der Waals surface area contributed by atoms with Crippen molar-refractivity contribution in [2.24, 2.45) is 13.0 Å². The number of aromatic amines is 1. The standard InChI is InChI=1S/C17H23N5O2/c1-12(23)22-7-3-13(4-8-22)10-18-17(24)16-9-15(19-20-16)14-5-6-21(2)11-14/h5-6,9,11,13H,3-4,7-8,10H2,1-2H3,(H,18,24)(H,19,20). The summed E-state index contributed by atoms with van der Waals surface area (Å²) < 4.78 is 1.94. The lowest BCUT2D eigenvalue weighted by Crippen LogP contribution is -2.40. The second kappa shape index (κ2) is 6.90. The number of aryl methyl sites for hydroxylation is 1. The van der Waals surface area contributed by atoms with Crippen molar-refractivity contribution in [3.63, 3.8) is 0 Å². The number of likely N-dealkylation sites (tertiary alicyclic amines) is 1. The molecule has 2 N–H and O–H groups in total. The Balaban J connectivity index is 1.51. The smallest absolute Gasteiger partial charge is 0.269 e. The molecule has 0 saturated carbocycles. The quantitative estimate of drug-likeness (QED) is 0.889. The molecule has 1 aliphatic heterocycles. The molecule has 0 spiro atoms. The van der Waals surface area contributed by atoms with Crippen LogP contribution in [0, 0.1) is 5.92 Å². The molecule has 128 valence electrons. The average Bonchev–Trinajstić information content (AvgIpc) is 3.22. The zero-order valence-corrected chi connectivity index (χ0v) is 14.1. The van der Waals surface area contributed by atoms with Crippen LogP contribution in [-0.4, -0.2) is 51.1 Å². The molecule has 1 saturated heterocycles. The monoisotopic (exact) mass is 329 g/mol. The van der Waals surface area contributed by atoms with Crippen LogP contribution in [0.25, 0.3) is 11.3 Å². The van der Waals surface area contributed by atoms with Gasteiger partial charge in [-0.05, 0) is 30.9 Å². The number of H-pyrrole nitrogens is 1. The van der Waals surface area contributed by atoms with Gasteiger partial charge < -0.3 is 14.8 Å². The van der Waals surface area contributed by atoms with Crippen molar-refractivity contribution in [1.29, 1.82) is 0 Å². The van der Waals surface area contributed by atoms with Crippen LogP contribution >= 0.6 is 0 Å². The Morgan fingerprint density at radius 3 is 2.75 bits per heavy atom. The lowest BCUT2D eigenvalue weighted by Gasteiger charge is -2.31. The van der Waals surface area contributed by atoms with E-state index in [0.29, 0.717) is 18.2 Å².